The predicted octanol–water partition coefficient (Wildman–Crippen LogP) is 2.77. The first-order valence-electron chi connectivity index (χ1n) is 10.2. The van der Waals surface area contributed by atoms with E-state index in [9.17, 15) is 17.6 Å². The molecule has 0 saturated carbocycles. The Kier molecular flexibility index (Phi) is 7.30. The second kappa shape index (κ2) is 9.76. The number of carbonyl (C=O) groups excluding carboxylic acids is 1. The average Bonchev–Trinajstić information content (AvgIpc) is 2.69. The molecule has 2 aromatic carbocycles. The third-order valence-corrected chi connectivity index (χ3v) is 6.43. The van der Waals surface area contributed by atoms with Gasteiger partial charge >= 0.3 is 0 Å². The topological polar surface area (TPSA) is 87.7 Å². The quantitative estimate of drug-likeness (QED) is 0.679. The molecule has 168 valence electrons. The summed E-state index contributed by atoms with van der Waals surface area (Å²) >= 11 is 0. The van der Waals surface area contributed by atoms with E-state index in [1.807, 2.05) is 13.8 Å². The third kappa shape index (κ3) is 6.25. The van der Waals surface area contributed by atoms with Gasteiger partial charge in [0, 0.05) is 37.4 Å². The van der Waals surface area contributed by atoms with Crippen molar-refractivity contribution < 1.29 is 22.3 Å². The van der Waals surface area contributed by atoms with E-state index in [0.29, 0.717) is 17.8 Å². The lowest BCUT2D eigenvalue weighted by Crippen LogP contribution is -2.47. The molecule has 1 amide bonds. The fraction of sp³-hybridized carbons (Fsp3) is 0.409. The van der Waals surface area contributed by atoms with Crippen molar-refractivity contribution in [3.05, 3.63) is 59.4 Å². The van der Waals surface area contributed by atoms with Crippen LogP contribution in [-0.2, 0) is 14.8 Å². The molecule has 1 saturated heterocycles. The van der Waals surface area contributed by atoms with Gasteiger partial charge in [-0.1, -0.05) is 0 Å². The number of halogens is 1. The molecule has 9 heteroatoms. The molecule has 2 N–H and O–H groups in total. The van der Waals surface area contributed by atoms with Crippen molar-refractivity contribution in [2.75, 3.05) is 30.9 Å². The van der Waals surface area contributed by atoms with Crippen LogP contribution in [0.5, 0.6) is 0 Å². The first kappa shape index (κ1) is 23.2. The van der Waals surface area contributed by atoms with Gasteiger partial charge < -0.3 is 10.1 Å². The standard InChI is InChI=1S/C22H28FN3O4S/c1-15-12-20(8-9-21(15)23)31(28,29)25-19-6-4-18(5-7-19)22(27)24-10-11-26-13-16(2)30-17(3)14-26/h4-9,12,16-17,25H,10-11,13-14H2,1-3H3,(H,24,27). The van der Waals surface area contributed by atoms with Gasteiger partial charge in [0.15, 0.2) is 0 Å². The van der Waals surface area contributed by atoms with Crippen molar-refractivity contribution >= 4 is 21.6 Å². The number of aryl methyl sites for hydroxylation is 1. The maximum absolute atomic E-state index is 13.4. The fourth-order valence-electron chi connectivity index (χ4n) is 3.58. The molecule has 31 heavy (non-hydrogen) atoms. The molecule has 3 rings (SSSR count). The van der Waals surface area contributed by atoms with Crippen molar-refractivity contribution in [2.45, 2.75) is 37.9 Å². The number of benzene rings is 2. The van der Waals surface area contributed by atoms with Crippen LogP contribution in [-0.4, -0.2) is 57.6 Å². The summed E-state index contributed by atoms with van der Waals surface area (Å²) in [5, 5.41) is 2.89. The van der Waals surface area contributed by atoms with Crippen LogP contribution in [0.3, 0.4) is 0 Å². The number of nitrogens with one attached hydrogen (secondary N) is 2. The molecule has 0 aromatic heterocycles. The van der Waals surface area contributed by atoms with Crippen LogP contribution in [0.4, 0.5) is 10.1 Å². The number of rotatable bonds is 7. The summed E-state index contributed by atoms with van der Waals surface area (Å²) in [5.74, 6) is -0.690. The Bertz CT molecular complexity index is 1020. The first-order chi connectivity index (χ1) is 14.6. The third-order valence-electron chi connectivity index (χ3n) is 5.05. The second-order valence-electron chi connectivity index (χ2n) is 7.87. The summed E-state index contributed by atoms with van der Waals surface area (Å²) in [6.07, 6.45) is 0.351. The van der Waals surface area contributed by atoms with Crippen LogP contribution in [0.25, 0.3) is 0 Å². The van der Waals surface area contributed by atoms with Gasteiger partial charge in [-0.2, -0.15) is 0 Å². The van der Waals surface area contributed by atoms with Crippen LogP contribution in [0.1, 0.15) is 29.8 Å². The van der Waals surface area contributed by atoms with Gasteiger partial charge in [0.05, 0.1) is 17.1 Å². The smallest absolute Gasteiger partial charge is 0.261 e. The monoisotopic (exact) mass is 449 g/mol. The number of carbonyl (C=O) groups is 1. The minimum atomic E-state index is -3.85. The summed E-state index contributed by atoms with van der Waals surface area (Å²) in [5.41, 5.74) is 0.995. The molecule has 2 atom stereocenters. The van der Waals surface area contributed by atoms with Crippen molar-refractivity contribution in [1.82, 2.24) is 10.2 Å². The largest absolute Gasteiger partial charge is 0.373 e. The first-order valence-corrected chi connectivity index (χ1v) is 11.7. The van der Waals surface area contributed by atoms with Crippen LogP contribution in [0.2, 0.25) is 0 Å². The van der Waals surface area contributed by atoms with Crippen molar-refractivity contribution in [3.63, 3.8) is 0 Å². The maximum atomic E-state index is 13.4. The fourth-order valence-corrected chi connectivity index (χ4v) is 4.73. The van der Waals surface area contributed by atoms with Gasteiger partial charge in [-0.05, 0) is 68.8 Å². The molecule has 0 radical (unpaired) electrons. The number of anilines is 1. The van der Waals surface area contributed by atoms with Crippen molar-refractivity contribution in [3.8, 4) is 0 Å². The van der Waals surface area contributed by atoms with Crippen molar-refractivity contribution in [1.29, 1.82) is 0 Å². The number of amides is 1. The maximum Gasteiger partial charge on any atom is 0.261 e. The van der Waals surface area contributed by atoms with E-state index in [4.69, 9.17) is 4.74 Å². The van der Waals surface area contributed by atoms with Crippen molar-refractivity contribution in [2.24, 2.45) is 0 Å². The van der Waals surface area contributed by atoms with E-state index in [-0.39, 0.29) is 28.6 Å². The summed E-state index contributed by atoms with van der Waals surface area (Å²) in [6.45, 7) is 8.49. The summed E-state index contributed by atoms with van der Waals surface area (Å²) < 4.78 is 46.5. The van der Waals surface area contributed by atoms with Crippen LogP contribution in [0, 0.1) is 12.7 Å². The molecule has 1 aliphatic rings. The molecule has 0 spiro atoms. The summed E-state index contributed by atoms with van der Waals surface area (Å²) in [7, 11) is -3.85. The molecule has 1 fully saturated rings. The average molecular weight is 450 g/mol. The Morgan fingerprint density at radius 2 is 1.77 bits per heavy atom. The number of hydrogen-bond donors (Lipinski definition) is 2. The van der Waals surface area contributed by atoms with Gasteiger partial charge in [0.2, 0.25) is 0 Å². The Morgan fingerprint density at radius 3 is 2.39 bits per heavy atom. The molecule has 0 aliphatic carbocycles. The SMILES string of the molecule is Cc1cc(S(=O)(=O)Nc2ccc(C(=O)NCCN3CC(C)OC(C)C3)cc2)ccc1F. The van der Waals surface area contributed by atoms with Gasteiger partial charge in [-0.15, -0.1) is 0 Å². The zero-order chi connectivity index (χ0) is 22.6. The zero-order valence-corrected chi connectivity index (χ0v) is 18.7. The number of hydrogen-bond acceptors (Lipinski definition) is 5. The lowest BCUT2D eigenvalue weighted by atomic mass is 10.2. The van der Waals surface area contributed by atoms with E-state index >= 15 is 0 Å². The van der Waals surface area contributed by atoms with Gasteiger partial charge in [-0.3, -0.25) is 14.4 Å². The van der Waals surface area contributed by atoms with E-state index in [0.717, 1.165) is 25.7 Å². The molecule has 2 aromatic rings. The Morgan fingerprint density at radius 1 is 1.13 bits per heavy atom. The highest BCUT2D eigenvalue weighted by Gasteiger charge is 2.21. The predicted molar refractivity (Wildman–Crippen MR) is 117 cm³/mol. The summed E-state index contributed by atoms with van der Waals surface area (Å²) in [6, 6.07) is 9.76. The minimum absolute atomic E-state index is 0.0278. The van der Waals surface area contributed by atoms with Gasteiger partial charge in [-0.25, -0.2) is 12.8 Å². The molecule has 1 heterocycles. The number of morpholine rings is 1. The molecular weight excluding hydrogens is 421 g/mol. The van der Waals surface area contributed by atoms with E-state index in [1.54, 1.807) is 12.1 Å². The summed E-state index contributed by atoms with van der Waals surface area (Å²) in [4.78, 5) is 14.6. The van der Waals surface area contributed by atoms with Crippen LogP contribution in [0.15, 0.2) is 47.4 Å². The minimum Gasteiger partial charge on any atom is -0.373 e. The Balaban J connectivity index is 1.54. The molecule has 7 nitrogen and oxygen atoms in total. The lowest BCUT2D eigenvalue weighted by Gasteiger charge is -2.35. The zero-order valence-electron chi connectivity index (χ0n) is 17.9. The molecule has 1 aliphatic heterocycles. The molecule has 0 bridgehead atoms. The highest BCUT2D eigenvalue weighted by molar-refractivity contribution is 7.92. The second-order valence-corrected chi connectivity index (χ2v) is 9.55. The Labute approximate surface area is 182 Å². The Hall–Kier alpha value is -2.49. The number of nitrogens with zero attached hydrogens (tertiary/aromatic N) is 1. The normalized spacial score (nSPS) is 19.7. The van der Waals surface area contributed by atoms with E-state index < -0.39 is 15.8 Å². The van der Waals surface area contributed by atoms with Gasteiger partial charge in [0.1, 0.15) is 5.82 Å². The highest BCUT2D eigenvalue weighted by atomic mass is 32.2. The van der Waals surface area contributed by atoms with Crippen LogP contribution < -0.4 is 10.0 Å². The number of sulfonamides is 1. The lowest BCUT2D eigenvalue weighted by molar-refractivity contribution is -0.0672. The highest BCUT2D eigenvalue weighted by Crippen LogP contribution is 2.19. The van der Waals surface area contributed by atoms with E-state index in [2.05, 4.69) is 14.9 Å². The van der Waals surface area contributed by atoms with Gasteiger partial charge in [0.25, 0.3) is 15.9 Å². The number of ether oxygens (including phenoxy) is 1. The van der Waals surface area contributed by atoms with E-state index in [1.165, 1.54) is 31.2 Å². The molecular formula is C22H28FN3O4S. The molecule has 2 unspecified atom stereocenters. The van der Waals surface area contributed by atoms with Crippen LogP contribution >= 0.6 is 0 Å².